The second kappa shape index (κ2) is 5.90. The maximum absolute atomic E-state index is 11.9. The van der Waals surface area contributed by atoms with Gasteiger partial charge in [0.1, 0.15) is 0 Å². The van der Waals surface area contributed by atoms with Gasteiger partial charge in [0.15, 0.2) is 0 Å². The van der Waals surface area contributed by atoms with Crippen LogP contribution in [0.4, 0.5) is 5.69 Å². The number of sulfonamides is 1. The molecule has 106 valence electrons. The SMILES string of the molecule is CC(N)CCNc1ccc(S(=O)(=O)NC2CC2)cc1. The van der Waals surface area contributed by atoms with Gasteiger partial charge in [-0.3, -0.25) is 0 Å². The summed E-state index contributed by atoms with van der Waals surface area (Å²) in [5.74, 6) is 0. The molecule has 0 spiro atoms. The molecule has 1 atom stereocenters. The molecule has 1 aromatic carbocycles. The Bertz CT molecular complexity index is 507. The molecule has 19 heavy (non-hydrogen) atoms. The molecule has 1 aliphatic carbocycles. The molecular formula is C13H21N3O2S. The molecule has 1 unspecified atom stereocenters. The van der Waals surface area contributed by atoms with Gasteiger partial charge in [-0.2, -0.15) is 0 Å². The lowest BCUT2D eigenvalue weighted by molar-refractivity contribution is 0.581. The molecule has 0 bridgehead atoms. The molecule has 0 amide bonds. The van der Waals surface area contributed by atoms with Crippen LogP contribution in [0.1, 0.15) is 26.2 Å². The molecule has 0 aromatic heterocycles. The molecule has 0 heterocycles. The molecule has 1 saturated carbocycles. The number of hydrogen-bond acceptors (Lipinski definition) is 4. The van der Waals surface area contributed by atoms with Gasteiger partial charge in [-0.1, -0.05) is 0 Å². The highest BCUT2D eigenvalue weighted by Gasteiger charge is 2.27. The first-order chi connectivity index (χ1) is 8.97. The van der Waals surface area contributed by atoms with Gasteiger partial charge < -0.3 is 11.1 Å². The van der Waals surface area contributed by atoms with E-state index in [9.17, 15) is 8.42 Å². The highest BCUT2D eigenvalue weighted by molar-refractivity contribution is 7.89. The van der Waals surface area contributed by atoms with Crippen LogP contribution in [-0.4, -0.2) is 27.0 Å². The third-order valence-electron chi connectivity index (χ3n) is 2.99. The standard InChI is InChI=1S/C13H21N3O2S/c1-10(14)8-9-15-11-4-6-13(7-5-11)19(17,18)16-12-2-3-12/h4-7,10,12,15-16H,2-3,8-9,14H2,1H3. The third-order valence-corrected chi connectivity index (χ3v) is 4.53. The van der Waals surface area contributed by atoms with Crippen molar-refractivity contribution in [3.05, 3.63) is 24.3 Å². The van der Waals surface area contributed by atoms with E-state index in [0.29, 0.717) is 4.90 Å². The van der Waals surface area contributed by atoms with E-state index in [1.54, 1.807) is 24.3 Å². The van der Waals surface area contributed by atoms with Crippen molar-refractivity contribution in [1.82, 2.24) is 4.72 Å². The van der Waals surface area contributed by atoms with Crippen molar-refractivity contribution < 1.29 is 8.42 Å². The number of nitrogens with two attached hydrogens (primary N) is 1. The predicted molar refractivity (Wildman–Crippen MR) is 76.5 cm³/mol. The number of nitrogens with one attached hydrogen (secondary N) is 2. The van der Waals surface area contributed by atoms with Crippen molar-refractivity contribution in [3.63, 3.8) is 0 Å². The minimum atomic E-state index is -3.35. The van der Waals surface area contributed by atoms with Gasteiger partial charge >= 0.3 is 0 Å². The van der Waals surface area contributed by atoms with Crippen molar-refractivity contribution in [2.75, 3.05) is 11.9 Å². The quantitative estimate of drug-likeness (QED) is 0.704. The van der Waals surface area contributed by atoms with Gasteiger partial charge in [0.2, 0.25) is 10.0 Å². The van der Waals surface area contributed by atoms with E-state index in [4.69, 9.17) is 5.73 Å². The van der Waals surface area contributed by atoms with Crippen LogP contribution in [0.2, 0.25) is 0 Å². The van der Waals surface area contributed by atoms with Gasteiger partial charge in [0.05, 0.1) is 4.90 Å². The molecule has 1 aromatic rings. The van der Waals surface area contributed by atoms with Crippen LogP contribution in [0.3, 0.4) is 0 Å². The monoisotopic (exact) mass is 283 g/mol. The zero-order valence-electron chi connectivity index (χ0n) is 11.1. The number of rotatable bonds is 7. The summed E-state index contributed by atoms with van der Waals surface area (Å²) < 4.78 is 26.6. The van der Waals surface area contributed by atoms with Crippen molar-refractivity contribution in [3.8, 4) is 0 Å². The van der Waals surface area contributed by atoms with Crippen LogP contribution in [-0.2, 0) is 10.0 Å². The van der Waals surface area contributed by atoms with Crippen molar-refractivity contribution in [2.45, 2.75) is 43.2 Å². The molecule has 6 heteroatoms. The molecule has 2 rings (SSSR count). The van der Waals surface area contributed by atoms with E-state index in [1.807, 2.05) is 6.92 Å². The van der Waals surface area contributed by atoms with Gasteiger partial charge in [-0.15, -0.1) is 0 Å². The van der Waals surface area contributed by atoms with Crippen LogP contribution in [0, 0.1) is 0 Å². The molecule has 0 aliphatic heterocycles. The van der Waals surface area contributed by atoms with E-state index < -0.39 is 10.0 Å². The fourth-order valence-corrected chi connectivity index (χ4v) is 2.99. The van der Waals surface area contributed by atoms with Gasteiger partial charge in [-0.25, -0.2) is 13.1 Å². The van der Waals surface area contributed by atoms with E-state index in [2.05, 4.69) is 10.0 Å². The van der Waals surface area contributed by atoms with Gasteiger partial charge in [0.25, 0.3) is 0 Å². The summed E-state index contributed by atoms with van der Waals surface area (Å²) in [5.41, 5.74) is 6.57. The number of anilines is 1. The summed E-state index contributed by atoms with van der Waals surface area (Å²) in [6.07, 6.45) is 2.76. The molecule has 0 radical (unpaired) electrons. The first-order valence-corrected chi connectivity index (χ1v) is 8.07. The van der Waals surface area contributed by atoms with Gasteiger partial charge in [0, 0.05) is 24.3 Å². The fourth-order valence-electron chi connectivity index (χ4n) is 1.68. The summed E-state index contributed by atoms with van der Waals surface area (Å²) in [6.45, 7) is 2.74. The average molecular weight is 283 g/mol. The highest BCUT2D eigenvalue weighted by atomic mass is 32.2. The molecule has 4 N–H and O–H groups in total. The Morgan fingerprint density at radius 3 is 2.47 bits per heavy atom. The minimum absolute atomic E-state index is 0.133. The zero-order chi connectivity index (χ0) is 13.9. The Balaban J connectivity index is 1.93. The zero-order valence-corrected chi connectivity index (χ0v) is 11.9. The summed E-state index contributed by atoms with van der Waals surface area (Å²) in [5, 5.41) is 3.21. The lowest BCUT2D eigenvalue weighted by atomic mass is 10.2. The Hall–Kier alpha value is -1.11. The van der Waals surface area contributed by atoms with E-state index in [1.165, 1.54) is 0 Å². The Labute approximate surface area is 114 Å². The van der Waals surface area contributed by atoms with E-state index in [0.717, 1.165) is 31.5 Å². The molecule has 1 aliphatic rings. The Morgan fingerprint density at radius 2 is 1.95 bits per heavy atom. The summed E-state index contributed by atoms with van der Waals surface area (Å²) in [6, 6.07) is 7.10. The van der Waals surface area contributed by atoms with Crippen LogP contribution in [0.5, 0.6) is 0 Å². The predicted octanol–water partition coefficient (Wildman–Crippen LogP) is 1.28. The maximum atomic E-state index is 11.9. The Morgan fingerprint density at radius 1 is 1.32 bits per heavy atom. The lowest BCUT2D eigenvalue weighted by Gasteiger charge is -2.10. The van der Waals surface area contributed by atoms with Crippen molar-refractivity contribution >= 4 is 15.7 Å². The van der Waals surface area contributed by atoms with Crippen molar-refractivity contribution in [2.24, 2.45) is 5.73 Å². The maximum Gasteiger partial charge on any atom is 0.240 e. The lowest BCUT2D eigenvalue weighted by Crippen LogP contribution is -2.25. The molecule has 0 saturated heterocycles. The number of benzene rings is 1. The fraction of sp³-hybridized carbons (Fsp3) is 0.538. The second-order valence-electron chi connectivity index (χ2n) is 5.11. The topological polar surface area (TPSA) is 84.2 Å². The third kappa shape index (κ3) is 4.49. The molecule has 1 fully saturated rings. The normalized spacial score (nSPS) is 17.2. The smallest absolute Gasteiger partial charge is 0.240 e. The van der Waals surface area contributed by atoms with Crippen LogP contribution in [0.25, 0.3) is 0 Å². The van der Waals surface area contributed by atoms with Crippen LogP contribution < -0.4 is 15.8 Å². The largest absolute Gasteiger partial charge is 0.385 e. The number of hydrogen-bond donors (Lipinski definition) is 3. The van der Waals surface area contributed by atoms with E-state index >= 15 is 0 Å². The first kappa shape index (κ1) is 14.3. The Kier molecular flexibility index (Phi) is 4.44. The van der Waals surface area contributed by atoms with E-state index in [-0.39, 0.29) is 12.1 Å². The van der Waals surface area contributed by atoms with Gasteiger partial charge in [-0.05, 0) is 50.5 Å². The summed E-state index contributed by atoms with van der Waals surface area (Å²) >= 11 is 0. The van der Waals surface area contributed by atoms with Crippen LogP contribution >= 0.6 is 0 Å². The molecule has 5 nitrogen and oxygen atoms in total. The summed E-state index contributed by atoms with van der Waals surface area (Å²) in [4.78, 5) is 0.317. The highest BCUT2D eigenvalue weighted by Crippen LogP contribution is 2.22. The minimum Gasteiger partial charge on any atom is -0.385 e. The second-order valence-corrected chi connectivity index (χ2v) is 6.83. The summed E-state index contributed by atoms with van der Waals surface area (Å²) in [7, 11) is -3.35. The van der Waals surface area contributed by atoms with Crippen LogP contribution in [0.15, 0.2) is 29.2 Å². The average Bonchev–Trinajstić information content (AvgIpc) is 3.12. The first-order valence-electron chi connectivity index (χ1n) is 6.59. The van der Waals surface area contributed by atoms with Crippen molar-refractivity contribution in [1.29, 1.82) is 0 Å². The molecular weight excluding hydrogens is 262 g/mol.